The molecule has 3 rings (SSSR count). The second-order valence-electron chi connectivity index (χ2n) is 5.77. The first-order chi connectivity index (χ1) is 11.6. The van der Waals surface area contributed by atoms with Crippen LogP contribution in [0.2, 0.25) is 0 Å². The molecule has 1 aromatic heterocycles. The highest BCUT2D eigenvalue weighted by molar-refractivity contribution is 5.93. The standard InChI is InChI=1S/C18H20N2O4/c21-17(20-11-12-24-16(13-20)18(22)23)15-7-4-9-19(15)10-8-14-5-2-1-3-6-14/h1-7,9,16H,8,10-13H2,(H,22,23)/t16-/m0/s1. The molecule has 126 valence electrons. The van der Waals surface area contributed by atoms with E-state index >= 15 is 0 Å². The fourth-order valence-electron chi connectivity index (χ4n) is 2.84. The number of carbonyl (C=O) groups is 2. The molecule has 1 atom stereocenters. The van der Waals surface area contributed by atoms with E-state index in [-0.39, 0.29) is 19.1 Å². The van der Waals surface area contributed by atoms with Crippen molar-refractivity contribution in [1.82, 2.24) is 9.47 Å². The number of aryl methyl sites for hydroxylation is 2. The maximum Gasteiger partial charge on any atom is 0.334 e. The molecule has 24 heavy (non-hydrogen) atoms. The van der Waals surface area contributed by atoms with Crippen molar-refractivity contribution in [2.45, 2.75) is 19.1 Å². The van der Waals surface area contributed by atoms with Gasteiger partial charge in [0.1, 0.15) is 5.69 Å². The van der Waals surface area contributed by atoms with Crippen molar-refractivity contribution in [3.8, 4) is 0 Å². The Morgan fingerprint density at radius 1 is 1.17 bits per heavy atom. The SMILES string of the molecule is O=C(O)[C@@H]1CN(C(=O)c2cccn2CCc2ccccc2)CCO1. The van der Waals surface area contributed by atoms with Crippen molar-refractivity contribution in [2.24, 2.45) is 0 Å². The van der Waals surface area contributed by atoms with Crippen molar-refractivity contribution in [1.29, 1.82) is 0 Å². The topological polar surface area (TPSA) is 71.8 Å². The minimum absolute atomic E-state index is 0.0814. The Balaban J connectivity index is 1.67. The van der Waals surface area contributed by atoms with E-state index in [1.807, 2.05) is 35.0 Å². The highest BCUT2D eigenvalue weighted by Crippen LogP contribution is 2.13. The number of carbonyl (C=O) groups excluding carboxylic acids is 1. The monoisotopic (exact) mass is 328 g/mol. The van der Waals surface area contributed by atoms with Crippen LogP contribution in [0.15, 0.2) is 48.7 Å². The van der Waals surface area contributed by atoms with Crippen molar-refractivity contribution in [2.75, 3.05) is 19.7 Å². The Kier molecular flexibility index (Phi) is 4.96. The minimum Gasteiger partial charge on any atom is -0.479 e. The van der Waals surface area contributed by atoms with Crippen LogP contribution >= 0.6 is 0 Å². The van der Waals surface area contributed by atoms with E-state index in [0.717, 1.165) is 6.42 Å². The van der Waals surface area contributed by atoms with Crippen LogP contribution in [-0.2, 0) is 22.5 Å². The highest BCUT2D eigenvalue weighted by atomic mass is 16.5. The second kappa shape index (κ2) is 7.31. The number of aliphatic carboxylic acids is 1. The van der Waals surface area contributed by atoms with Crippen molar-refractivity contribution in [3.05, 3.63) is 59.9 Å². The van der Waals surface area contributed by atoms with Gasteiger partial charge in [-0.15, -0.1) is 0 Å². The maximum atomic E-state index is 12.7. The molecular formula is C18H20N2O4. The number of morpholine rings is 1. The van der Waals surface area contributed by atoms with Gasteiger partial charge in [-0.25, -0.2) is 4.79 Å². The molecule has 2 aromatic rings. The molecule has 0 aliphatic carbocycles. The Morgan fingerprint density at radius 2 is 1.96 bits per heavy atom. The summed E-state index contributed by atoms with van der Waals surface area (Å²) < 4.78 is 7.09. The number of benzene rings is 1. The third-order valence-corrected chi connectivity index (χ3v) is 4.16. The van der Waals surface area contributed by atoms with Gasteiger partial charge in [0.2, 0.25) is 0 Å². The third-order valence-electron chi connectivity index (χ3n) is 4.16. The number of hydrogen-bond donors (Lipinski definition) is 1. The number of ether oxygens (including phenoxy) is 1. The molecule has 0 unspecified atom stereocenters. The summed E-state index contributed by atoms with van der Waals surface area (Å²) in [5.74, 6) is -1.19. The van der Waals surface area contributed by atoms with E-state index in [1.54, 1.807) is 11.0 Å². The summed E-state index contributed by atoms with van der Waals surface area (Å²) in [4.78, 5) is 25.3. The first kappa shape index (κ1) is 16.3. The number of aromatic nitrogens is 1. The molecule has 1 aromatic carbocycles. The Morgan fingerprint density at radius 3 is 2.71 bits per heavy atom. The zero-order valence-corrected chi connectivity index (χ0v) is 13.3. The summed E-state index contributed by atoms with van der Waals surface area (Å²) in [5, 5.41) is 9.07. The second-order valence-corrected chi connectivity index (χ2v) is 5.77. The Labute approximate surface area is 140 Å². The summed E-state index contributed by atoms with van der Waals surface area (Å²) in [7, 11) is 0. The number of carboxylic acid groups (broad SMARTS) is 1. The first-order valence-corrected chi connectivity index (χ1v) is 7.98. The van der Waals surface area contributed by atoms with Crippen LogP contribution in [0.3, 0.4) is 0 Å². The number of hydrogen-bond acceptors (Lipinski definition) is 3. The van der Waals surface area contributed by atoms with E-state index in [2.05, 4.69) is 12.1 Å². The van der Waals surface area contributed by atoms with Crippen LogP contribution in [0.5, 0.6) is 0 Å². The number of nitrogens with zero attached hydrogens (tertiary/aromatic N) is 2. The van der Waals surface area contributed by atoms with Crippen LogP contribution in [0.25, 0.3) is 0 Å². The Hall–Kier alpha value is -2.60. The molecular weight excluding hydrogens is 308 g/mol. The summed E-state index contributed by atoms with van der Waals surface area (Å²) in [6, 6.07) is 13.7. The molecule has 0 radical (unpaired) electrons. The van der Waals surface area contributed by atoms with Crippen LogP contribution in [0.4, 0.5) is 0 Å². The first-order valence-electron chi connectivity index (χ1n) is 7.98. The average molecular weight is 328 g/mol. The summed E-state index contributed by atoms with van der Waals surface area (Å²) in [6.07, 6.45) is 1.76. The lowest BCUT2D eigenvalue weighted by Crippen LogP contribution is -2.48. The van der Waals surface area contributed by atoms with E-state index in [4.69, 9.17) is 9.84 Å². The molecule has 6 heteroatoms. The molecule has 0 bridgehead atoms. The normalized spacial score (nSPS) is 17.7. The van der Waals surface area contributed by atoms with Crippen molar-refractivity contribution in [3.63, 3.8) is 0 Å². The van der Waals surface area contributed by atoms with Gasteiger partial charge in [-0.05, 0) is 24.1 Å². The summed E-state index contributed by atoms with van der Waals surface area (Å²) in [5.41, 5.74) is 1.79. The van der Waals surface area contributed by atoms with Gasteiger partial charge in [-0.3, -0.25) is 4.79 Å². The Bertz CT molecular complexity index is 711. The lowest BCUT2D eigenvalue weighted by molar-refractivity contribution is -0.154. The van der Waals surface area contributed by atoms with E-state index < -0.39 is 12.1 Å². The largest absolute Gasteiger partial charge is 0.479 e. The quantitative estimate of drug-likeness (QED) is 0.906. The lowest BCUT2D eigenvalue weighted by atomic mass is 10.1. The molecule has 1 fully saturated rings. The maximum absolute atomic E-state index is 12.7. The van der Waals surface area contributed by atoms with Crippen LogP contribution in [0.1, 0.15) is 16.1 Å². The highest BCUT2D eigenvalue weighted by Gasteiger charge is 2.30. The van der Waals surface area contributed by atoms with Gasteiger partial charge >= 0.3 is 5.97 Å². The van der Waals surface area contributed by atoms with Crippen LogP contribution in [0, 0.1) is 0 Å². The molecule has 6 nitrogen and oxygen atoms in total. The minimum atomic E-state index is -1.04. The van der Waals surface area contributed by atoms with Gasteiger partial charge in [0, 0.05) is 19.3 Å². The van der Waals surface area contributed by atoms with E-state index in [1.165, 1.54) is 5.56 Å². The van der Waals surface area contributed by atoms with Gasteiger partial charge < -0.3 is 19.3 Å². The molecule has 1 aliphatic rings. The van der Waals surface area contributed by atoms with E-state index in [9.17, 15) is 9.59 Å². The molecule has 0 saturated carbocycles. The van der Waals surface area contributed by atoms with Gasteiger partial charge in [0.25, 0.3) is 5.91 Å². The predicted molar refractivity (Wildman–Crippen MR) is 87.9 cm³/mol. The number of carboxylic acids is 1. The van der Waals surface area contributed by atoms with Crippen molar-refractivity contribution >= 4 is 11.9 Å². The average Bonchev–Trinajstić information content (AvgIpc) is 3.09. The zero-order valence-electron chi connectivity index (χ0n) is 13.3. The molecule has 0 spiro atoms. The summed E-state index contributed by atoms with van der Waals surface area (Å²) >= 11 is 0. The fourth-order valence-corrected chi connectivity index (χ4v) is 2.84. The van der Waals surface area contributed by atoms with Crippen LogP contribution < -0.4 is 0 Å². The molecule has 1 N–H and O–H groups in total. The van der Waals surface area contributed by atoms with Gasteiger partial charge in [0.15, 0.2) is 6.10 Å². The van der Waals surface area contributed by atoms with E-state index in [0.29, 0.717) is 18.8 Å². The molecule has 1 saturated heterocycles. The van der Waals surface area contributed by atoms with Gasteiger partial charge in [-0.1, -0.05) is 30.3 Å². The third kappa shape index (κ3) is 3.65. The number of rotatable bonds is 5. The zero-order chi connectivity index (χ0) is 16.9. The van der Waals surface area contributed by atoms with Gasteiger partial charge in [-0.2, -0.15) is 0 Å². The summed E-state index contributed by atoms with van der Waals surface area (Å²) in [6.45, 7) is 1.43. The lowest BCUT2D eigenvalue weighted by Gasteiger charge is -2.31. The van der Waals surface area contributed by atoms with Gasteiger partial charge in [0.05, 0.1) is 13.2 Å². The molecule has 1 aliphatic heterocycles. The molecule has 1 amide bonds. The van der Waals surface area contributed by atoms with Crippen LogP contribution in [-0.4, -0.2) is 52.3 Å². The number of amides is 1. The van der Waals surface area contributed by atoms with Crippen molar-refractivity contribution < 1.29 is 19.4 Å². The smallest absolute Gasteiger partial charge is 0.334 e. The fraction of sp³-hybridized carbons (Fsp3) is 0.333. The molecule has 2 heterocycles. The predicted octanol–water partition coefficient (Wildman–Crippen LogP) is 1.66.